The number of urea groups is 1. The molecule has 0 bridgehead atoms. The normalized spacial score (nSPS) is 15.1. The van der Waals surface area contributed by atoms with Gasteiger partial charge in [0, 0.05) is 18.0 Å². The zero-order valence-electron chi connectivity index (χ0n) is 13.5. The summed E-state index contributed by atoms with van der Waals surface area (Å²) in [6.45, 7) is 5.70. The van der Waals surface area contributed by atoms with Crippen LogP contribution < -0.4 is 0 Å². The third kappa shape index (κ3) is 3.26. The van der Waals surface area contributed by atoms with E-state index >= 15 is 0 Å². The molecule has 0 saturated carbocycles. The zero-order valence-corrected chi connectivity index (χ0v) is 14.3. The Hall–Kier alpha value is -2.22. The van der Waals surface area contributed by atoms with E-state index < -0.39 is 24.4 Å². The lowest BCUT2D eigenvalue weighted by atomic mass is 10.2. The molecular weight excluding hydrogens is 318 g/mol. The second kappa shape index (κ2) is 6.49. The van der Waals surface area contributed by atoms with Gasteiger partial charge >= 0.3 is 17.8 Å². The summed E-state index contributed by atoms with van der Waals surface area (Å²) in [4.78, 5) is 51.7. The summed E-state index contributed by atoms with van der Waals surface area (Å²) < 4.78 is 0. The highest BCUT2D eigenvalue weighted by atomic mass is 32.1. The van der Waals surface area contributed by atoms with Crippen LogP contribution in [-0.4, -0.2) is 58.1 Å². The third-order valence-corrected chi connectivity index (χ3v) is 4.78. The number of carbonyl (C=O) groups is 4. The van der Waals surface area contributed by atoms with Crippen LogP contribution in [0, 0.1) is 6.92 Å². The Balaban J connectivity index is 2.13. The molecule has 124 valence electrons. The highest BCUT2D eigenvalue weighted by Gasteiger charge is 2.43. The van der Waals surface area contributed by atoms with Crippen LogP contribution in [0.1, 0.15) is 24.3 Å². The summed E-state index contributed by atoms with van der Waals surface area (Å²) in [6.07, 6.45) is 0. The molecule has 23 heavy (non-hydrogen) atoms. The van der Waals surface area contributed by atoms with Gasteiger partial charge in [0.2, 0.25) is 5.91 Å². The molecule has 1 aliphatic heterocycles. The highest BCUT2D eigenvalue weighted by molar-refractivity contribution is 7.10. The molecule has 5 amide bonds. The molecule has 0 atom stereocenters. The summed E-state index contributed by atoms with van der Waals surface area (Å²) >= 11 is 1.55. The van der Waals surface area contributed by atoms with Crippen LogP contribution in [0.2, 0.25) is 0 Å². The monoisotopic (exact) mass is 337 g/mol. The minimum absolute atomic E-state index is 0.0924. The average molecular weight is 337 g/mol. The number of hydrogen-bond donors (Lipinski definition) is 0. The predicted molar refractivity (Wildman–Crippen MR) is 84.6 cm³/mol. The Bertz CT molecular complexity index is 667. The van der Waals surface area contributed by atoms with Gasteiger partial charge in [-0.2, -0.15) is 0 Å². The van der Waals surface area contributed by atoms with Crippen molar-refractivity contribution in [2.24, 2.45) is 0 Å². The fourth-order valence-electron chi connectivity index (χ4n) is 2.26. The van der Waals surface area contributed by atoms with Gasteiger partial charge in [-0.05, 0) is 37.8 Å². The average Bonchev–Trinajstić information content (AvgIpc) is 2.97. The minimum Gasteiger partial charge on any atom is -0.334 e. The van der Waals surface area contributed by atoms with Gasteiger partial charge in [0.15, 0.2) is 0 Å². The fourth-order valence-corrected chi connectivity index (χ4v) is 3.16. The molecule has 0 aliphatic carbocycles. The van der Waals surface area contributed by atoms with Crippen molar-refractivity contribution >= 4 is 35.1 Å². The third-order valence-electron chi connectivity index (χ3n) is 3.77. The van der Waals surface area contributed by atoms with Gasteiger partial charge in [-0.3, -0.25) is 19.3 Å². The van der Waals surface area contributed by atoms with E-state index in [1.807, 2.05) is 32.2 Å². The number of nitrogens with zero attached hydrogens (tertiary/aromatic N) is 3. The van der Waals surface area contributed by atoms with E-state index in [0.717, 1.165) is 15.3 Å². The molecule has 0 aromatic carbocycles. The van der Waals surface area contributed by atoms with Gasteiger partial charge in [0.25, 0.3) is 0 Å². The minimum atomic E-state index is -0.957. The summed E-state index contributed by atoms with van der Waals surface area (Å²) in [7, 11) is 1.22. The van der Waals surface area contributed by atoms with Gasteiger partial charge in [0.05, 0.1) is 6.54 Å². The number of imide groups is 2. The van der Waals surface area contributed by atoms with Crippen molar-refractivity contribution in [3.05, 3.63) is 21.9 Å². The van der Waals surface area contributed by atoms with Crippen molar-refractivity contribution in [3.63, 3.8) is 0 Å². The van der Waals surface area contributed by atoms with Crippen molar-refractivity contribution in [2.45, 2.75) is 33.4 Å². The number of amides is 5. The highest BCUT2D eigenvalue weighted by Crippen LogP contribution is 2.20. The number of aryl methyl sites for hydroxylation is 1. The van der Waals surface area contributed by atoms with E-state index in [0.29, 0.717) is 11.4 Å². The van der Waals surface area contributed by atoms with E-state index in [1.54, 1.807) is 16.2 Å². The van der Waals surface area contributed by atoms with Crippen molar-refractivity contribution in [1.29, 1.82) is 0 Å². The van der Waals surface area contributed by atoms with Crippen molar-refractivity contribution < 1.29 is 19.2 Å². The largest absolute Gasteiger partial charge is 0.334 e. The Kier molecular flexibility index (Phi) is 4.84. The molecule has 0 spiro atoms. The first-order chi connectivity index (χ1) is 10.7. The Morgan fingerprint density at radius 1 is 1.26 bits per heavy atom. The molecule has 1 aliphatic rings. The van der Waals surface area contributed by atoms with Crippen LogP contribution in [-0.2, 0) is 20.9 Å². The van der Waals surface area contributed by atoms with Crippen LogP contribution in [0.15, 0.2) is 11.4 Å². The second-order valence-electron chi connectivity index (χ2n) is 5.68. The number of thiophene rings is 1. The molecule has 1 saturated heterocycles. The summed E-state index contributed by atoms with van der Waals surface area (Å²) in [5.74, 6) is -2.23. The number of hydrogen-bond acceptors (Lipinski definition) is 5. The Labute approximate surface area is 138 Å². The van der Waals surface area contributed by atoms with E-state index in [9.17, 15) is 19.2 Å². The quantitative estimate of drug-likeness (QED) is 0.598. The van der Waals surface area contributed by atoms with Gasteiger partial charge < -0.3 is 4.90 Å². The number of rotatable bonds is 5. The number of carbonyl (C=O) groups excluding carboxylic acids is 4. The van der Waals surface area contributed by atoms with E-state index in [-0.39, 0.29) is 11.9 Å². The van der Waals surface area contributed by atoms with Crippen LogP contribution in [0.3, 0.4) is 0 Å². The van der Waals surface area contributed by atoms with E-state index in [2.05, 4.69) is 0 Å². The fraction of sp³-hybridized carbons (Fsp3) is 0.467. The van der Waals surface area contributed by atoms with Crippen LogP contribution in [0.25, 0.3) is 0 Å². The van der Waals surface area contributed by atoms with E-state index in [4.69, 9.17) is 0 Å². The lowest BCUT2D eigenvalue weighted by molar-refractivity contribution is -0.145. The van der Waals surface area contributed by atoms with Crippen LogP contribution >= 0.6 is 11.3 Å². The molecular formula is C15H19N3O4S. The first-order valence-corrected chi connectivity index (χ1v) is 8.08. The maximum atomic E-state index is 12.5. The van der Waals surface area contributed by atoms with Gasteiger partial charge in [-0.25, -0.2) is 9.69 Å². The Morgan fingerprint density at radius 2 is 1.91 bits per heavy atom. The topological polar surface area (TPSA) is 78.0 Å². The molecule has 2 heterocycles. The van der Waals surface area contributed by atoms with Gasteiger partial charge in [-0.1, -0.05) is 0 Å². The first-order valence-electron chi connectivity index (χ1n) is 7.20. The van der Waals surface area contributed by atoms with Gasteiger partial charge in [-0.15, -0.1) is 11.3 Å². The molecule has 2 rings (SSSR count). The molecule has 8 heteroatoms. The smallest absolute Gasteiger partial charge is 0.334 e. The molecule has 7 nitrogen and oxygen atoms in total. The SMILES string of the molecule is Cc1ccsc1CN(C(=O)CN1C(=O)C(=O)N(C)C1=O)C(C)C. The van der Waals surface area contributed by atoms with Gasteiger partial charge in [0.1, 0.15) is 6.54 Å². The first kappa shape index (κ1) is 17.1. The Morgan fingerprint density at radius 3 is 2.35 bits per heavy atom. The standard InChI is InChI=1S/C15H19N3O4S/c1-9(2)17(7-11-10(3)5-6-23-11)12(19)8-18-14(21)13(20)16(4)15(18)22/h5-6,9H,7-8H2,1-4H3. The molecule has 1 aromatic heterocycles. The van der Waals surface area contributed by atoms with Crippen LogP contribution in [0.5, 0.6) is 0 Å². The number of likely N-dealkylation sites (N-methyl/N-ethyl adjacent to an activating group) is 1. The lowest BCUT2D eigenvalue weighted by Crippen LogP contribution is -2.45. The molecule has 1 fully saturated rings. The zero-order chi connectivity index (χ0) is 17.3. The molecule has 0 unspecified atom stereocenters. The van der Waals surface area contributed by atoms with Crippen molar-refractivity contribution in [2.75, 3.05) is 13.6 Å². The summed E-state index contributed by atoms with van der Waals surface area (Å²) in [5.41, 5.74) is 1.09. The molecule has 1 aromatic rings. The molecule has 0 N–H and O–H groups in total. The second-order valence-corrected chi connectivity index (χ2v) is 6.68. The summed E-state index contributed by atoms with van der Waals surface area (Å²) in [6, 6.07) is 1.12. The van der Waals surface area contributed by atoms with Crippen molar-refractivity contribution in [1.82, 2.24) is 14.7 Å². The summed E-state index contributed by atoms with van der Waals surface area (Å²) in [5, 5.41) is 1.95. The predicted octanol–water partition coefficient (Wildman–Crippen LogP) is 1.21. The molecule has 0 radical (unpaired) electrons. The van der Waals surface area contributed by atoms with Crippen LogP contribution in [0.4, 0.5) is 4.79 Å². The lowest BCUT2D eigenvalue weighted by Gasteiger charge is -2.28. The maximum Gasteiger partial charge on any atom is 0.334 e. The van der Waals surface area contributed by atoms with E-state index in [1.165, 1.54) is 7.05 Å². The van der Waals surface area contributed by atoms with Crippen molar-refractivity contribution in [3.8, 4) is 0 Å². The maximum absolute atomic E-state index is 12.5.